The van der Waals surface area contributed by atoms with E-state index in [1.54, 1.807) is 17.2 Å². The number of ether oxygens (including phenoxy) is 1. The fourth-order valence-electron chi connectivity index (χ4n) is 3.77. The van der Waals surface area contributed by atoms with Crippen molar-refractivity contribution in [1.29, 1.82) is 0 Å². The molecule has 0 saturated carbocycles. The minimum Gasteiger partial charge on any atom is -0.378 e. The number of carbonyl (C=O) groups excluding carboxylic acids is 1. The third kappa shape index (κ3) is 4.25. The van der Waals surface area contributed by atoms with Gasteiger partial charge in [0.1, 0.15) is 10.6 Å². The number of nitrogens with zero attached hydrogens (tertiary/aromatic N) is 5. The quantitative estimate of drug-likeness (QED) is 0.757. The average molecular weight is 420 g/mol. The van der Waals surface area contributed by atoms with Gasteiger partial charge < -0.3 is 14.5 Å². The van der Waals surface area contributed by atoms with Crippen LogP contribution in [-0.4, -0.2) is 85.0 Å². The van der Waals surface area contributed by atoms with E-state index in [0.717, 1.165) is 0 Å². The number of aromatic amines is 1. The molecule has 29 heavy (non-hydrogen) atoms. The van der Waals surface area contributed by atoms with Crippen LogP contribution in [0.2, 0.25) is 0 Å². The maximum atomic E-state index is 12.5. The lowest BCUT2D eigenvalue weighted by Crippen LogP contribution is -2.39. The first kappa shape index (κ1) is 19.8. The lowest BCUT2D eigenvalue weighted by atomic mass is 9.93. The van der Waals surface area contributed by atoms with Crippen molar-refractivity contribution in [1.82, 2.24) is 25.1 Å². The summed E-state index contributed by atoms with van der Waals surface area (Å²) in [7, 11) is -3.46. The van der Waals surface area contributed by atoms with Gasteiger partial charge in [-0.3, -0.25) is 9.89 Å². The number of nitrogens with one attached hydrogen (secondary N) is 1. The van der Waals surface area contributed by atoms with E-state index in [9.17, 15) is 13.2 Å². The second kappa shape index (κ2) is 8.07. The maximum Gasteiger partial charge on any atom is 0.271 e. The van der Waals surface area contributed by atoms with Crippen LogP contribution in [-0.2, 0) is 14.6 Å². The highest BCUT2D eigenvalue weighted by molar-refractivity contribution is 7.90. The van der Waals surface area contributed by atoms with Gasteiger partial charge in [0.15, 0.2) is 9.84 Å². The molecule has 1 amide bonds. The number of anilines is 1. The van der Waals surface area contributed by atoms with E-state index in [2.05, 4.69) is 20.2 Å². The van der Waals surface area contributed by atoms with Crippen molar-refractivity contribution in [3.05, 3.63) is 29.8 Å². The SMILES string of the molecule is CS(=O)(=O)c1cnc(N2CCOCC2)nc1C1CCN(C(=O)c2ccn[nH]2)CC1. The average Bonchev–Trinajstić information content (AvgIpc) is 3.28. The highest BCUT2D eigenvalue weighted by atomic mass is 32.2. The number of hydrogen-bond acceptors (Lipinski definition) is 8. The van der Waals surface area contributed by atoms with E-state index < -0.39 is 9.84 Å². The molecule has 0 unspecified atom stereocenters. The number of sulfone groups is 1. The summed E-state index contributed by atoms with van der Waals surface area (Å²) in [6, 6.07) is 1.65. The Bertz CT molecular complexity index is 964. The van der Waals surface area contributed by atoms with Crippen LogP contribution in [0, 0.1) is 0 Å². The first-order valence-corrected chi connectivity index (χ1v) is 11.5. The Morgan fingerprint density at radius 3 is 2.55 bits per heavy atom. The van der Waals surface area contributed by atoms with E-state index in [1.807, 2.05) is 4.90 Å². The van der Waals surface area contributed by atoms with Crippen molar-refractivity contribution in [2.75, 3.05) is 50.5 Å². The Hall–Kier alpha value is -2.53. The predicted octanol–water partition coefficient (Wildman–Crippen LogP) is 0.460. The van der Waals surface area contributed by atoms with Crippen LogP contribution in [0.5, 0.6) is 0 Å². The summed E-state index contributed by atoms with van der Waals surface area (Å²) in [5, 5.41) is 6.52. The van der Waals surface area contributed by atoms with Gasteiger partial charge in [-0.2, -0.15) is 5.10 Å². The van der Waals surface area contributed by atoms with E-state index >= 15 is 0 Å². The molecular weight excluding hydrogens is 396 g/mol. The smallest absolute Gasteiger partial charge is 0.271 e. The number of amides is 1. The first-order chi connectivity index (χ1) is 13.9. The molecule has 4 rings (SSSR count). The first-order valence-electron chi connectivity index (χ1n) is 9.62. The van der Waals surface area contributed by atoms with Crippen LogP contribution >= 0.6 is 0 Å². The number of H-pyrrole nitrogens is 1. The van der Waals surface area contributed by atoms with Gasteiger partial charge in [-0.1, -0.05) is 0 Å². The number of morpholine rings is 1. The van der Waals surface area contributed by atoms with Crippen molar-refractivity contribution < 1.29 is 17.9 Å². The number of carbonyl (C=O) groups is 1. The Kier molecular flexibility index (Phi) is 5.50. The van der Waals surface area contributed by atoms with Gasteiger partial charge in [-0.25, -0.2) is 18.4 Å². The van der Waals surface area contributed by atoms with Crippen LogP contribution in [0.3, 0.4) is 0 Å². The van der Waals surface area contributed by atoms with Crippen molar-refractivity contribution in [3.8, 4) is 0 Å². The molecule has 0 spiro atoms. The Morgan fingerprint density at radius 2 is 1.93 bits per heavy atom. The number of likely N-dealkylation sites (tertiary alicyclic amines) is 1. The molecule has 10 nitrogen and oxygen atoms in total. The minimum absolute atomic E-state index is 0.0478. The molecule has 0 atom stereocenters. The highest BCUT2D eigenvalue weighted by Crippen LogP contribution is 2.32. The molecule has 156 valence electrons. The van der Waals surface area contributed by atoms with Crippen molar-refractivity contribution >= 4 is 21.7 Å². The van der Waals surface area contributed by atoms with Crippen LogP contribution < -0.4 is 4.90 Å². The zero-order valence-electron chi connectivity index (χ0n) is 16.2. The summed E-state index contributed by atoms with van der Waals surface area (Å²) in [6.07, 6.45) is 5.43. The monoisotopic (exact) mass is 420 g/mol. The summed E-state index contributed by atoms with van der Waals surface area (Å²) in [4.78, 5) is 25.4. The molecule has 2 aromatic rings. The molecule has 0 aromatic carbocycles. The van der Waals surface area contributed by atoms with E-state index in [4.69, 9.17) is 4.74 Å². The second-order valence-corrected chi connectivity index (χ2v) is 9.31. The Labute approximate surface area is 169 Å². The van der Waals surface area contributed by atoms with Crippen molar-refractivity contribution in [2.24, 2.45) is 0 Å². The molecule has 0 radical (unpaired) electrons. The molecule has 2 fully saturated rings. The molecule has 1 N–H and O–H groups in total. The Morgan fingerprint density at radius 1 is 1.21 bits per heavy atom. The van der Waals surface area contributed by atoms with Gasteiger partial charge in [0.05, 0.1) is 25.1 Å². The van der Waals surface area contributed by atoms with E-state index in [0.29, 0.717) is 69.6 Å². The zero-order chi connectivity index (χ0) is 20.4. The fourth-order valence-corrected chi connectivity index (χ4v) is 4.61. The van der Waals surface area contributed by atoms with Gasteiger partial charge in [-0.15, -0.1) is 0 Å². The third-order valence-electron chi connectivity index (χ3n) is 5.36. The topological polar surface area (TPSA) is 121 Å². The molecule has 2 aromatic heterocycles. The maximum absolute atomic E-state index is 12.5. The molecule has 11 heteroatoms. The number of rotatable bonds is 4. The van der Waals surface area contributed by atoms with E-state index in [1.165, 1.54) is 12.5 Å². The summed E-state index contributed by atoms with van der Waals surface area (Å²) in [5.74, 6) is 0.390. The van der Waals surface area contributed by atoms with Crippen LogP contribution in [0.4, 0.5) is 5.95 Å². The van der Waals surface area contributed by atoms with Gasteiger partial charge in [-0.05, 0) is 18.9 Å². The lowest BCUT2D eigenvalue weighted by Gasteiger charge is -2.33. The number of hydrogen-bond donors (Lipinski definition) is 1. The van der Waals surface area contributed by atoms with Gasteiger partial charge in [0, 0.05) is 44.5 Å². The fraction of sp³-hybridized carbons (Fsp3) is 0.556. The van der Waals surface area contributed by atoms with Crippen LogP contribution in [0.1, 0.15) is 34.9 Å². The highest BCUT2D eigenvalue weighted by Gasteiger charge is 2.30. The molecule has 4 heterocycles. The molecule has 2 saturated heterocycles. The van der Waals surface area contributed by atoms with Crippen molar-refractivity contribution in [3.63, 3.8) is 0 Å². The van der Waals surface area contributed by atoms with Gasteiger partial charge >= 0.3 is 0 Å². The predicted molar refractivity (Wildman–Crippen MR) is 105 cm³/mol. The molecule has 0 bridgehead atoms. The molecule has 2 aliphatic heterocycles. The summed E-state index contributed by atoms with van der Waals surface area (Å²) in [5.41, 5.74) is 1.01. The lowest BCUT2D eigenvalue weighted by molar-refractivity contribution is 0.0705. The standard InChI is InChI=1S/C18H24N6O4S/c1-29(26,27)15-12-19-18(24-8-10-28-11-9-24)21-16(15)13-3-6-23(7-4-13)17(25)14-2-5-20-22-14/h2,5,12-13H,3-4,6-11H2,1H3,(H,20,22). The minimum atomic E-state index is -3.46. The molecule has 0 aliphatic carbocycles. The van der Waals surface area contributed by atoms with Crippen molar-refractivity contribution in [2.45, 2.75) is 23.7 Å². The third-order valence-corrected chi connectivity index (χ3v) is 6.48. The Balaban J connectivity index is 1.55. The summed E-state index contributed by atoms with van der Waals surface area (Å²) >= 11 is 0. The number of piperidine rings is 1. The van der Waals surface area contributed by atoms with Crippen LogP contribution in [0.15, 0.2) is 23.4 Å². The molecular formula is C18H24N6O4S. The summed E-state index contributed by atoms with van der Waals surface area (Å²) in [6.45, 7) is 3.61. The summed E-state index contributed by atoms with van der Waals surface area (Å²) < 4.78 is 30.0. The number of aromatic nitrogens is 4. The second-order valence-electron chi connectivity index (χ2n) is 7.33. The molecule has 2 aliphatic rings. The van der Waals surface area contributed by atoms with E-state index in [-0.39, 0.29) is 16.7 Å². The van der Waals surface area contributed by atoms with Gasteiger partial charge in [0.2, 0.25) is 5.95 Å². The zero-order valence-corrected chi connectivity index (χ0v) is 17.1. The normalized spacial score (nSPS) is 18.8. The largest absolute Gasteiger partial charge is 0.378 e. The van der Waals surface area contributed by atoms with Gasteiger partial charge in [0.25, 0.3) is 5.91 Å². The van der Waals surface area contributed by atoms with Crippen LogP contribution in [0.25, 0.3) is 0 Å².